The van der Waals surface area contributed by atoms with E-state index in [9.17, 15) is 4.79 Å². The van der Waals surface area contributed by atoms with E-state index in [4.69, 9.17) is 5.11 Å². The molecule has 0 spiro atoms. The van der Waals surface area contributed by atoms with Crippen molar-refractivity contribution in [3.63, 3.8) is 0 Å². The largest absolute Gasteiger partial charge is 0.508 e. The maximum Gasteiger partial charge on any atom is 0.317 e. The second kappa shape index (κ2) is 5.06. The van der Waals surface area contributed by atoms with Crippen molar-refractivity contribution in [2.75, 3.05) is 7.11 Å². The van der Waals surface area contributed by atoms with Crippen LogP contribution in [0.2, 0.25) is 0 Å². The zero-order valence-electron chi connectivity index (χ0n) is 8.70. The molecule has 78 valence electrons. The third kappa shape index (κ3) is 3.35. The molecule has 0 radical (unpaired) electrons. The number of benzene rings is 1. The first-order chi connectivity index (χ1) is 7.13. The number of hydrogen-bond acceptors (Lipinski definition) is 3. The standard InChI is InChI=1S/C12H12O3/c1-9-8-11(13)7-6-10(9)4-3-5-12(14)15-2/h6-8,13H,5H2,1-2H3. The predicted molar refractivity (Wildman–Crippen MR) is 56.4 cm³/mol. The fourth-order valence-electron chi connectivity index (χ4n) is 1.07. The zero-order chi connectivity index (χ0) is 11.3. The number of carbonyl (C=O) groups is 1. The minimum Gasteiger partial charge on any atom is -0.508 e. The summed E-state index contributed by atoms with van der Waals surface area (Å²) in [6.45, 7) is 1.85. The highest BCUT2D eigenvalue weighted by Gasteiger charge is 1.97. The average Bonchev–Trinajstić information content (AvgIpc) is 2.21. The highest BCUT2D eigenvalue weighted by Crippen LogP contribution is 2.14. The average molecular weight is 204 g/mol. The number of methoxy groups -OCH3 is 1. The van der Waals surface area contributed by atoms with Gasteiger partial charge in [0.05, 0.1) is 7.11 Å². The van der Waals surface area contributed by atoms with Crippen LogP contribution in [-0.2, 0) is 9.53 Å². The van der Waals surface area contributed by atoms with Crippen molar-refractivity contribution in [1.29, 1.82) is 0 Å². The minimum absolute atomic E-state index is 0.0802. The van der Waals surface area contributed by atoms with Gasteiger partial charge >= 0.3 is 5.97 Å². The molecule has 1 aromatic rings. The first-order valence-electron chi connectivity index (χ1n) is 4.49. The van der Waals surface area contributed by atoms with E-state index < -0.39 is 0 Å². The van der Waals surface area contributed by atoms with Crippen LogP contribution in [0.25, 0.3) is 0 Å². The van der Waals surface area contributed by atoms with Crippen molar-refractivity contribution in [2.24, 2.45) is 0 Å². The Bertz CT molecular complexity index is 424. The van der Waals surface area contributed by atoms with Crippen LogP contribution in [0.5, 0.6) is 5.75 Å². The fourth-order valence-corrected chi connectivity index (χ4v) is 1.07. The summed E-state index contributed by atoms with van der Waals surface area (Å²) in [5, 5.41) is 9.17. The van der Waals surface area contributed by atoms with Gasteiger partial charge in [-0.3, -0.25) is 4.79 Å². The van der Waals surface area contributed by atoms with Gasteiger partial charge in [-0.25, -0.2) is 0 Å². The Morgan fingerprint density at radius 2 is 2.27 bits per heavy atom. The molecule has 1 N–H and O–H groups in total. The van der Waals surface area contributed by atoms with E-state index in [2.05, 4.69) is 16.6 Å². The predicted octanol–water partition coefficient (Wildman–Crippen LogP) is 1.62. The van der Waals surface area contributed by atoms with Crippen LogP contribution in [0, 0.1) is 18.8 Å². The molecule has 0 unspecified atom stereocenters. The maximum atomic E-state index is 10.8. The molecular weight excluding hydrogens is 192 g/mol. The van der Waals surface area contributed by atoms with Crippen LogP contribution in [0.15, 0.2) is 18.2 Å². The molecule has 3 heteroatoms. The van der Waals surface area contributed by atoms with Crippen LogP contribution in [0.1, 0.15) is 17.5 Å². The van der Waals surface area contributed by atoms with E-state index >= 15 is 0 Å². The van der Waals surface area contributed by atoms with Crippen molar-refractivity contribution in [3.8, 4) is 17.6 Å². The summed E-state index contributed by atoms with van der Waals surface area (Å²) in [6.07, 6.45) is 0.0802. The van der Waals surface area contributed by atoms with Crippen LogP contribution in [0.4, 0.5) is 0 Å². The third-order valence-electron chi connectivity index (χ3n) is 1.89. The number of aryl methyl sites for hydroxylation is 1. The third-order valence-corrected chi connectivity index (χ3v) is 1.89. The Morgan fingerprint density at radius 3 is 2.87 bits per heavy atom. The van der Waals surface area contributed by atoms with Gasteiger partial charge in [0.2, 0.25) is 0 Å². The lowest BCUT2D eigenvalue weighted by Crippen LogP contribution is -1.97. The Labute approximate surface area is 88.7 Å². The molecule has 3 nitrogen and oxygen atoms in total. The molecule has 0 heterocycles. The Morgan fingerprint density at radius 1 is 1.53 bits per heavy atom. The first-order valence-corrected chi connectivity index (χ1v) is 4.49. The van der Waals surface area contributed by atoms with E-state index in [1.54, 1.807) is 18.2 Å². The van der Waals surface area contributed by atoms with E-state index in [1.165, 1.54) is 7.11 Å². The number of esters is 1. The molecule has 0 aliphatic carbocycles. The SMILES string of the molecule is COC(=O)CC#Cc1ccc(O)cc1C. The highest BCUT2D eigenvalue weighted by atomic mass is 16.5. The topological polar surface area (TPSA) is 46.5 Å². The lowest BCUT2D eigenvalue weighted by atomic mass is 10.1. The number of carbonyl (C=O) groups excluding carboxylic acids is 1. The van der Waals surface area contributed by atoms with Crippen molar-refractivity contribution in [2.45, 2.75) is 13.3 Å². The van der Waals surface area contributed by atoms with Gasteiger partial charge in [-0.15, -0.1) is 0 Å². The molecule has 0 aliphatic rings. The summed E-state index contributed by atoms with van der Waals surface area (Å²) < 4.78 is 4.46. The monoisotopic (exact) mass is 204 g/mol. The molecule has 0 saturated heterocycles. The molecule has 1 rings (SSSR count). The molecule has 0 bridgehead atoms. The lowest BCUT2D eigenvalue weighted by molar-refractivity contribution is -0.139. The summed E-state index contributed by atoms with van der Waals surface area (Å²) in [5.41, 5.74) is 1.68. The number of ether oxygens (including phenoxy) is 1. The van der Waals surface area contributed by atoms with Gasteiger partial charge in [-0.05, 0) is 30.7 Å². The lowest BCUT2D eigenvalue weighted by Gasteiger charge is -1.97. The molecule has 1 aromatic carbocycles. The number of phenolic OH excluding ortho intramolecular Hbond substituents is 1. The van der Waals surface area contributed by atoms with E-state index in [0.29, 0.717) is 0 Å². The van der Waals surface area contributed by atoms with Gasteiger partial charge in [0.15, 0.2) is 0 Å². The molecular formula is C12H12O3. The second-order valence-corrected chi connectivity index (χ2v) is 3.05. The molecule has 15 heavy (non-hydrogen) atoms. The summed E-state index contributed by atoms with van der Waals surface area (Å²) in [7, 11) is 1.33. The number of phenols is 1. The van der Waals surface area contributed by atoms with Crippen molar-refractivity contribution >= 4 is 5.97 Å². The van der Waals surface area contributed by atoms with Crippen molar-refractivity contribution in [1.82, 2.24) is 0 Å². The van der Waals surface area contributed by atoms with Crippen LogP contribution < -0.4 is 0 Å². The normalized spacial score (nSPS) is 8.93. The summed E-state index contributed by atoms with van der Waals surface area (Å²) in [4.78, 5) is 10.8. The molecule has 0 atom stereocenters. The van der Waals surface area contributed by atoms with E-state index in [0.717, 1.165) is 11.1 Å². The van der Waals surface area contributed by atoms with Crippen LogP contribution in [-0.4, -0.2) is 18.2 Å². The zero-order valence-corrected chi connectivity index (χ0v) is 8.70. The Balaban J connectivity index is 2.76. The number of rotatable bonds is 1. The van der Waals surface area contributed by atoms with Crippen LogP contribution in [0.3, 0.4) is 0 Å². The van der Waals surface area contributed by atoms with E-state index in [-0.39, 0.29) is 18.1 Å². The Kier molecular flexibility index (Phi) is 3.75. The molecule has 0 aromatic heterocycles. The second-order valence-electron chi connectivity index (χ2n) is 3.05. The summed E-state index contributed by atoms with van der Waals surface area (Å²) >= 11 is 0. The molecule has 0 aliphatic heterocycles. The van der Waals surface area contributed by atoms with Gasteiger partial charge in [-0.2, -0.15) is 0 Å². The number of hydrogen-bond donors (Lipinski definition) is 1. The van der Waals surface area contributed by atoms with Gasteiger partial charge in [0, 0.05) is 5.56 Å². The van der Waals surface area contributed by atoms with E-state index in [1.807, 2.05) is 6.92 Å². The summed E-state index contributed by atoms with van der Waals surface area (Å²) in [6, 6.07) is 4.91. The Hall–Kier alpha value is -1.95. The van der Waals surface area contributed by atoms with Crippen molar-refractivity contribution < 1.29 is 14.6 Å². The first kappa shape index (κ1) is 11.1. The highest BCUT2D eigenvalue weighted by molar-refractivity contribution is 5.72. The quantitative estimate of drug-likeness (QED) is 0.558. The van der Waals surface area contributed by atoms with Gasteiger partial charge in [-0.1, -0.05) is 11.8 Å². The number of aromatic hydroxyl groups is 1. The smallest absolute Gasteiger partial charge is 0.317 e. The van der Waals surface area contributed by atoms with Gasteiger partial charge in [0.1, 0.15) is 12.2 Å². The molecule has 0 saturated carbocycles. The van der Waals surface area contributed by atoms with Crippen molar-refractivity contribution in [3.05, 3.63) is 29.3 Å². The summed E-state index contributed by atoms with van der Waals surface area (Å²) in [5.74, 6) is 5.42. The fraction of sp³-hybridized carbons (Fsp3) is 0.250. The molecule has 0 amide bonds. The van der Waals surface area contributed by atoms with Crippen LogP contribution >= 0.6 is 0 Å². The maximum absolute atomic E-state index is 10.8. The van der Waals surface area contributed by atoms with Gasteiger partial charge < -0.3 is 9.84 Å². The molecule has 0 fully saturated rings. The minimum atomic E-state index is -0.348. The van der Waals surface area contributed by atoms with Gasteiger partial charge in [0.25, 0.3) is 0 Å².